The van der Waals surface area contributed by atoms with Crippen LogP contribution in [0.25, 0.3) is 11.0 Å². The SMILES string of the molecule is COC[C@H]1NC(=O)CC/C=C\[C@H]2O[C@]34C=CCN(Cn5nnc6ccccc65)C(=O)[C@H]3N([C@H](CO)c3ccccc3)C(=O)[C@@H]4[C@H]2C(=O)O[C@@H]1c1ccccc1. The van der Waals surface area contributed by atoms with E-state index in [4.69, 9.17) is 14.2 Å². The number of ether oxygens (including phenoxy) is 3. The fourth-order valence-corrected chi connectivity index (χ4v) is 8.55. The maximum Gasteiger partial charge on any atom is 0.313 e. The van der Waals surface area contributed by atoms with Crippen LogP contribution in [0, 0.1) is 11.8 Å². The van der Waals surface area contributed by atoms with Gasteiger partial charge in [0.25, 0.3) is 5.91 Å². The third kappa shape index (κ3) is 6.49. The van der Waals surface area contributed by atoms with E-state index in [2.05, 4.69) is 15.6 Å². The Morgan fingerprint density at radius 3 is 2.47 bits per heavy atom. The van der Waals surface area contributed by atoms with Crippen LogP contribution in [0.4, 0.5) is 0 Å². The number of nitrogens with one attached hydrogen (secondary N) is 1. The first kappa shape index (κ1) is 36.3. The molecule has 0 bridgehead atoms. The van der Waals surface area contributed by atoms with Crippen molar-refractivity contribution in [1.82, 2.24) is 30.1 Å². The highest BCUT2D eigenvalue weighted by Gasteiger charge is 2.72. The summed E-state index contributed by atoms with van der Waals surface area (Å²) in [7, 11) is 1.50. The molecule has 8 atom stereocenters. The number of allylic oxidation sites excluding steroid dienone is 1. The number of cyclic esters (lactones) is 1. The molecular weight excluding hydrogens is 704 g/mol. The molecule has 1 spiro atoms. The number of likely N-dealkylation sites (tertiary alicyclic amines) is 1. The van der Waals surface area contributed by atoms with Crippen molar-refractivity contribution >= 4 is 34.7 Å². The van der Waals surface area contributed by atoms with E-state index < -0.39 is 72.2 Å². The smallest absolute Gasteiger partial charge is 0.313 e. The average Bonchev–Trinajstić information content (AvgIpc) is 3.80. The predicted octanol–water partition coefficient (Wildman–Crippen LogP) is 2.87. The number of aliphatic hydroxyl groups excluding tert-OH is 1. The number of hydrogen-bond donors (Lipinski definition) is 2. The molecule has 0 saturated carbocycles. The van der Waals surface area contributed by atoms with E-state index in [0.29, 0.717) is 23.1 Å². The Morgan fingerprint density at radius 1 is 0.964 bits per heavy atom. The van der Waals surface area contributed by atoms with Crippen molar-refractivity contribution in [3.63, 3.8) is 0 Å². The summed E-state index contributed by atoms with van der Waals surface area (Å²) in [6.07, 6.45) is 5.48. The molecule has 14 nitrogen and oxygen atoms in total. The molecule has 3 amide bonds. The molecule has 2 fully saturated rings. The number of esters is 1. The van der Waals surface area contributed by atoms with Crippen LogP contribution in [-0.2, 0) is 40.1 Å². The lowest BCUT2D eigenvalue weighted by atomic mass is 9.77. The predicted molar refractivity (Wildman–Crippen MR) is 197 cm³/mol. The number of aliphatic hydroxyl groups is 1. The number of amides is 3. The lowest BCUT2D eigenvalue weighted by Gasteiger charge is -2.38. The van der Waals surface area contributed by atoms with Gasteiger partial charge in [-0.1, -0.05) is 102 Å². The molecule has 55 heavy (non-hydrogen) atoms. The van der Waals surface area contributed by atoms with Crippen LogP contribution in [0.2, 0.25) is 0 Å². The second-order valence-electron chi connectivity index (χ2n) is 14.2. The van der Waals surface area contributed by atoms with Gasteiger partial charge in [0.1, 0.15) is 35.9 Å². The summed E-state index contributed by atoms with van der Waals surface area (Å²) in [6, 6.07) is 22.5. The van der Waals surface area contributed by atoms with Crippen LogP contribution >= 0.6 is 0 Å². The molecule has 0 unspecified atom stereocenters. The van der Waals surface area contributed by atoms with Gasteiger partial charge in [0.2, 0.25) is 11.8 Å². The highest BCUT2D eigenvalue weighted by Crippen LogP contribution is 2.55. The van der Waals surface area contributed by atoms with E-state index in [1.807, 2.05) is 48.5 Å². The summed E-state index contributed by atoms with van der Waals surface area (Å²) in [5.41, 5.74) is 0.998. The summed E-state index contributed by atoms with van der Waals surface area (Å²) in [6.45, 7) is -0.276. The lowest BCUT2D eigenvalue weighted by molar-refractivity contribution is -0.163. The van der Waals surface area contributed by atoms with Gasteiger partial charge in [0, 0.05) is 20.1 Å². The van der Waals surface area contributed by atoms with Crippen LogP contribution < -0.4 is 5.32 Å². The van der Waals surface area contributed by atoms with Crippen molar-refractivity contribution in [3.8, 4) is 0 Å². The lowest BCUT2D eigenvalue weighted by Crippen LogP contribution is -2.56. The van der Waals surface area contributed by atoms with E-state index in [0.717, 1.165) is 5.52 Å². The summed E-state index contributed by atoms with van der Waals surface area (Å²) in [4.78, 5) is 61.2. The number of rotatable bonds is 8. The number of aromatic nitrogens is 3. The van der Waals surface area contributed by atoms with E-state index in [9.17, 15) is 14.7 Å². The Hall–Kier alpha value is -5.70. The number of hydrogen-bond acceptors (Lipinski definition) is 10. The van der Waals surface area contributed by atoms with Gasteiger partial charge in [-0.2, -0.15) is 0 Å². The van der Waals surface area contributed by atoms with Crippen LogP contribution in [0.1, 0.15) is 36.1 Å². The van der Waals surface area contributed by atoms with Gasteiger partial charge in [-0.15, -0.1) is 5.10 Å². The van der Waals surface area contributed by atoms with Crippen LogP contribution in [0.5, 0.6) is 0 Å². The highest BCUT2D eigenvalue weighted by molar-refractivity contribution is 5.99. The molecule has 8 rings (SSSR count). The molecule has 14 heteroatoms. The first-order chi connectivity index (χ1) is 26.8. The third-order valence-electron chi connectivity index (χ3n) is 11.0. The monoisotopic (exact) mass is 746 g/mol. The maximum atomic E-state index is 15.2. The summed E-state index contributed by atoms with van der Waals surface area (Å²) < 4.78 is 20.4. The molecule has 4 aromatic rings. The van der Waals surface area contributed by atoms with E-state index in [-0.39, 0.29) is 32.1 Å². The Morgan fingerprint density at radius 2 is 1.71 bits per heavy atom. The Kier molecular flexibility index (Phi) is 10.0. The van der Waals surface area contributed by atoms with Crippen molar-refractivity contribution in [3.05, 3.63) is 120 Å². The van der Waals surface area contributed by atoms with Crippen LogP contribution in [0.3, 0.4) is 0 Å². The van der Waals surface area contributed by atoms with Gasteiger partial charge >= 0.3 is 5.97 Å². The van der Waals surface area contributed by atoms with Gasteiger partial charge < -0.3 is 34.4 Å². The fraction of sp³-hybridized carbons (Fsp3) is 0.366. The first-order valence-electron chi connectivity index (χ1n) is 18.5. The zero-order chi connectivity index (χ0) is 38.1. The number of methoxy groups -OCH3 is 1. The van der Waals surface area contributed by atoms with Crippen LogP contribution in [-0.4, -0.2) is 104 Å². The van der Waals surface area contributed by atoms with Gasteiger partial charge in [-0.05, 0) is 29.7 Å². The molecule has 284 valence electrons. The average molecular weight is 747 g/mol. The van der Waals surface area contributed by atoms with Crippen molar-refractivity contribution in [2.24, 2.45) is 11.8 Å². The molecule has 4 aliphatic heterocycles. The summed E-state index contributed by atoms with van der Waals surface area (Å²) in [5, 5.41) is 22.5. The molecule has 0 aliphatic carbocycles. The maximum absolute atomic E-state index is 15.2. The number of fused-ring (bicyclic) bond motifs is 3. The molecule has 2 saturated heterocycles. The second-order valence-corrected chi connectivity index (χ2v) is 14.2. The standard InChI is InChI=1S/C41H42N6O8/c1-53-24-29-36(27-15-6-3-7-16-27)54-40(52)34-32(19-10-11-20-33(49)42-29)55-41-21-12-22-45(25-46-30-18-9-8-17-28(30)43-44-46)39(51)37(41)47(38(50)35(34)41)31(23-48)26-13-4-2-5-14-26/h2-10,12-19,21,29,31-32,34-37,48H,11,20,22-25H2,1H3,(H,42,49)/b19-10-/t29-,31-,32-,34+,35+,36-,37-,41+/m1/s1. The molecule has 5 heterocycles. The first-order valence-corrected chi connectivity index (χ1v) is 18.5. The number of carbonyl (C=O) groups excluding carboxylic acids is 4. The summed E-state index contributed by atoms with van der Waals surface area (Å²) in [5.74, 6) is -4.35. The molecule has 3 aromatic carbocycles. The number of para-hydroxylation sites is 1. The molecule has 4 aliphatic rings. The largest absolute Gasteiger partial charge is 0.455 e. The molecule has 1 aromatic heterocycles. The highest BCUT2D eigenvalue weighted by atomic mass is 16.6. The van der Waals surface area contributed by atoms with Gasteiger partial charge in [-0.3, -0.25) is 19.2 Å². The number of nitrogens with zero attached hydrogens (tertiary/aromatic N) is 5. The van der Waals surface area contributed by atoms with Crippen LogP contribution in [0.15, 0.2) is 109 Å². The van der Waals surface area contributed by atoms with E-state index >= 15 is 9.59 Å². The van der Waals surface area contributed by atoms with Crippen molar-refractivity contribution in [2.45, 2.75) is 55.4 Å². The van der Waals surface area contributed by atoms with Crippen molar-refractivity contribution < 1.29 is 38.5 Å². The van der Waals surface area contributed by atoms with Crippen molar-refractivity contribution in [1.29, 1.82) is 0 Å². The minimum absolute atomic E-state index is 0.0214. The van der Waals surface area contributed by atoms with E-state index in [1.54, 1.807) is 70.3 Å². The van der Waals surface area contributed by atoms with Gasteiger partial charge in [0.05, 0.1) is 42.8 Å². The van der Waals surface area contributed by atoms with Gasteiger partial charge in [0.15, 0.2) is 0 Å². The van der Waals surface area contributed by atoms with Gasteiger partial charge in [-0.25, -0.2) is 4.68 Å². The number of benzene rings is 3. The zero-order valence-electron chi connectivity index (χ0n) is 30.2. The normalized spacial score (nSPS) is 29.3. The quantitative estimate of drug-likeness (QED) is 0.202. The number of carbonyl (C=O) groups is 4. The Balaban J connectivity index is 1.24. The van der Waals surface area contributed by atoms with E-state index in [1.165, 1.54) is 12.0 Å². The third-order valence-corrected chi connectivity index (χ3v) is 11.0. The minimum atomic E-state index is -1.63. The molecular formula is C41H42N6O8. The molecule has 0 radical (unpaired) electrons. The topological polar surface area (TPSA) is 165 Å². The van der Waals surface area contributed by atoms with Crippen molar-refractivity contribution in [2.75, 3.05) is 26.9 Å². The Bertz CT molecular complexity index is 2120. The summed E-state index contributed by atoms with van der Waals surface area (Å²) >= 11 is 0. The zero-order valence-corrected chi connectivity index (χ0v) is 30.2. The Labute approximate surface area is 317 Å². The second kappa shape index (κ2) is 15.2. The fourth-order valence-electron chi connectivity index (χ4n) is 8.55. The minimum Gasteiger partial charge on any atom is -0.455 e. The molecule has 2 N–H and O–H groups in total.